The predicted molar refractivity (Wildman–Crippen MR) is 72.0 cm³/mol. The summed E-state index contributed by atoms with van der Waals surface area (Å²) >= 11 is 1.89. The van der Waals surface area contributed by atoms with E-state index in [0.717, 1.165) is 5.56 Å². The first-order valence-electron chi connectivity index (χ1n) is 4.84. The predicted octanol–water partition coefficient (Wildman–Crippen LogP) is 2.57. The second kappa shape index (κ2) is 4.82. The number of hydrogen-bond acceptors (Lipinski definition) is 3. The molecule has 0 atom stereocenters. The molecule has 1 aromatic heterocycles. The van der Waals surface area contributed by atoms with E-state index >= 15 is 0 Å². The fraction of sp³-hybridized carbons (Fsp3) is 0.0909. The summed E-state index contributed by atoms with van der Waals surface area (Å²) in [6.45, 7) is 1.85. The molecule has 88 valence electrons. The minimum absolute atomic E-state index is 0.225. The normalized spacial score (nSPS) is 10.3. The SMILES string of the molecule is Cc1ccc(F)cc1Nc1nc[nH]c(=O)c1I. The Morgan fingerprint density at radius 3 is 3.00 bits per heavy atom. The highest BCUT2D eigenvalue weighted by Gasteiger charge is 2.07. The van der Waals surface area contributed by atoms with Crippen molar-refractivity contribution in [1.82, 2.24) is 9.97 Å². The number of benzene rings is 1. The van der Waals surface area contributed by atoms with Gasteiger partial charge in [-0.2, -0.15) is 0 Å². The second-order valence-electron chi connectivity index (χ2n) is 3.48. The van der Waals surface area contributed by atoms with Gasteiger partial charge < -0.3 is 10.3 Å². The van der Waals surface area contributed by atoms with Crippen LogP contribution in [-0.4, -0.2) is 9.97 Å². The lowest BCUT2D eigenvalue weighted by molar-refractivity contribution is 0.628. The zero-order chi connectivity index (χ0) is 12.4. The van der Waals surface area contributed by atoms with E-state index in [1.54, 1.807) is 6.07 Å². The van der Waals surface area contributed by atoms with Crippen molar-refractivity contribution in [2.24, 2.45) is 0 Å². The van der Waals surface area contributed by atoms with Crippen molar-refractivity contribution in [3.63, 3.8) is 0 Å². The van der Waals surface area contributed by atoms with Gasteiger partial charge >= 0.3 is 0 Å². The Labute approximate surface area is 110 Å². The number of H-pyrrole nitrogens is 1. The van der Waals surface area contributed by atoms with Gasteiger partial charge in [0.05, 0.1) is 6.33 Å². The molecule has 0 bridgehead atoms. The molecule has 2 rings (SSSR count). The smallest absolute Gasteiger partial charge is 0.266 e. The summed E-state index contributed by atoms with van der Waals surface area (Å²) in [6.07, 6.45) is 1.31. The van der Waals surface area contributed by atoms with Crippen LogP contribution >= 0.6 is 22.6 Å². The first kappa shape index (κ1) is 12.0. The number of aromatic amines is 1. The van der Waals surface area contributed by atoms with Crippen LogP contribution in [0.2, 0.25) is 0 Å². The van der Waals surface area contributed by atoms with E-state index in [1.807, 2.05) is 29.5 Å². The molecule has 0 unspecified atom stereocenters. The van der Waals surface area contributed by atoms with Crippen LogP contribution in [0, 0.1) is 16.3 Å². The number of nitrogens with one attached hydrogen (secondary N) is 2. The quantitative estimate of drug-likeness (QED) is 0.823. The second-order valence-corrected chi connectivity index (χ2v) is 4.56. The van der Waals surface area contributed by atoms with Gasteiger partial charge in [-0.15, -0.1) is 0 Å². The molecule has 2 aromatic rings. The molecule has 0 spiro atoms. The minimum atomic E-state index is -0.335. The van der Waals surface area contributed by atoms with Crippen LogP contribution in [0.1, 0.15) is 5.56 Å². The molecule has 0 aliphatic heterocycles. The Morgan fingerprint density at radius 1 is 1.47 bits per heavy atom. The highest BCUT2D eigenvalue weighted by atomic mass is 127. The fourth-order valence-corrected chi connectivity index (χ4v) is 1.76. The Bertz CT molecular complexity index is 612. The van der Waals surface area contributed by atoms with Crippen molar-refractivity contribution in [2.75, 3.05) is 5.32 Å². The largest absolute Gasteiger partial charge is 0.339 e. The zero-order valence-electron chi connectivity index (χ0n) is 8.92. The maximum absolute atomic E-state index is 13.1. The summed E-state index contributed by atoms with van der Waals surface area (Å²) in [4.78, 5) is 17.8. The van der Waals surface area contributed by atoms with E-state index in [9.17, 15) is 9.18 Å². The lowest BCUT2D eigenvalue weighted by atomic mass is 10.2. The van der Waals surface area contributed by atoms with E-state index < -0.39 is 0 Å². The van der Waals surface area contributed by atoms with E-state index in [4.69, 9.17) is 0 Å². The van der Waals surface area contributed by atoms with Crippen LogP contribution in [0.5, 0.6) is 0 Å². The third-order valence-electron chi connectivity index (χ3n) is 2.25. The van der Waals surface area contributed by atoms with Gasteiger partial charge in [-0.3, -0.25) is 4.79 Å². The minimum Gasteiger partial charge on any atom is -0.339 e. The van der Waals surface area contributed by atoms with Crippen LogP contribution in [0.4, 0.5) is 15.9 Å². The average Bonchev–Trinajstić information content (AvgIpc) is 2.30. The summed E-state index contributed by atoms with van der Waals surface area (Å²) in [5, 5.41) is 2.94. The summed E-state index contributed by atoms with van der Waals surface area (Å²) in [6, 6.07) is 4.42. The van der Waals surface area contributed by atoms with Crippen molar-refractivity contribution in [3.05, 3.63) is 49.8 Å². The van der Waals surface area contributed by atoms with Gasteiger partial charge in [-0.1, -0.05) is 6.07 Å². The summed E-state index contributed by atoms with van der Waals surface area (Å²) in [5.74, 6) is 0.0843. The Hall–Kier alpha value is -1.44. The Kier molecular flexibility index (Phi) is 3.41. The number of nitrogens with zero attached hydrogens (tertiary/aromatic N) is 1. The van der Waals surface area contributed by atoms with E-state index in [1.165, 1.54) is 18.5 Å². The molecule has 0 amide bonds. The van der Waals surface area contributed by atoms with Crippen LogP contribution in [-0.2, 0) is 0 Å². The number of halogens is 2. The van der Waals surface area contributed by atoms with Crippen LogP contribution < -0.4 is 10.9 Å². The molecule has 17 heavy (non-hydrogen) atoms. The summed E-state index contributed by atoms with van der Waals surface area (Å²) in [5.41, 5.74) is 1.25. The van der Waals surface area contributed by atoms with Crippen LogP contribution in [0.15, 0.2) is 29.3 Å². The topological polar surface area (TPSA) is 57.8 Å². The summed E-state index contributed by atoms with van der Waals surface area (Å²) in [7, 11) is 0. The van der Waals surface area contributed by atoms with Gasteiger partial charge in [0.1, 0.15) is 9.39 Å². The average molecular weight is 345 g/mol. The number of anilines is 2. The van der Waals surface area contributed by atoms with E-state index in [2.05, 4.69) is 15.3 Å². The maximum atomic E-state index is 13.1. The molecule has 0 radical (unpaired) electrons. The molecule has 4 nitrogen and oxygen atoms in total. The Morgan fingerprint density at radius 2 is 2.24 bits per heavy atom. The molecule has 2 N–H and O–H groups in total. The van der Waals surface area contributed by atoms with Crippen molar-refractivity contribution < 1.29 is 4.39 Å². The standard InChI is InChI=1S/C11H9FIN3O/c1-6-2-3-7(12)4-8(6)16-10-9(13)11(17)15-5-14-10/h2-5H,1H3,(H2,14,15,16,17). The van der Waals surface area contributed by atoms with Gasteiger partial charge in [0.25, 0.3) is 5.56 Å². The molecule has 0 saturated carbocycles. The highest BCUT2D eigenvalue weighted by molar-refractivity contribution is 14.1. The van der Waals surface area contributed by atoms with E-state index in [-0.39, 0.29) is 11.4 Å². The fourth-order valence-electron chi connectivity index (χ4n) is 1.33. The molecule has 1 aromatic carbocycles. The van der Waals surface area contributed by atoms with Crippen LogP contribution in [0.3, 0.4) is 0 Å². The molecule has 0 saturated heterocycles. The number of rotatable bonds is 2. The van der Waals surface area contributed by atoms with Gasteiger partial charge in [0, 0.05) is 5.69 Å². The molecule has 0 aliphatic rings. The number of aryl methyl sites for hydroxylation is 1. The van der Waals surface area contributed by atoms with Crippen molar-refractivity contribution in [1.29, 1.82) is 0 Å². The van der Waals surface area contributed by atoms with Gasteiger partial charge in [-0.05, 0) is 47.2 Å². The molecule has 0 aliphatic carbocycles. The van der Waals surface area contributed by atoms with Gasteiger partial charge in [-0.25, -0.2) is 9.37 Å². The van der Waals surface area contributed by atoms with Gasteiger partial charge in [0.15, 0.2) is 5.82 Å². The van der Waals surface area contributed by atoms with Crippen molar-refractivity contribution in [2.45, 2.75) is 6.92 Å². The summed E-state index contributed by atoms with van der Waals surface area (Å²) < 4.78 is 13.5. The monoisotopic (exact) mass is 345 g/mol. The Balaban J connectivity index is 2.41. The number of aromatic nitrogens is 2. The van der Waals surface area contributed by atoms with Gasteiger partial charge in [0.2, 0.25) is 0 Å². The van der Waals surface area contributed by atoms with Crippen LogP contribution in [0.25, 0.3) is 0 Å². The van der Waals surface area contributed by atoms with Crippen molar-refractivity contribution >= 4 is 34.1 Å². The van der Waals surface area contributed by atoms with Crippen molar-refractivity contribution in [3.8, 4) is 0 Å². The third kappa shape index (κ3) is 2.63. The first-order valence-corrected chi connectivity index (χ1v) is 5.92. The molecule has 0 fully saturated rings. The molecular weight excluding hydrogens is 336 g/mol. The molecule has 1 heterocycles. The lowest BCUT2D eigenvalue weighted by Gasteiger charge is -2.09. The van der Waals surface area contributed by atoms with E-state index in [0.29, 0.717) is 15.1 Å². The molecular formula is C11H9FIN3O. The molecule has 6 heteroatoms. The zero-order valence-corrected chi connectivity index (χ0v) is 11.1. The first-order chi connectivity index (χ1) is 8.08. The maximum Gasteiger partial charge on any atom is 0.266 e. The third-order valence-corrected chi connectivity index (χ3v) is 3.25. The highest BCUT2D eigenvalue weighted by Crippen LogP contribution is 2.21. The lowest BCUT2D eigenvalue weighted by Crippen LogP contribution is -2.13. The number of hydrogen-bond donors (Lipinski definition) is 2.